The van der Waals surface area contributed by atoms with Crippen LogP contribution in [0.3, 0.4) is 0 Å². The van der Waals surface area contributed by atoms with Crippen LogP contribution in [-0.2, 0) is 11.3 Å². The van der Waals surface area contributed by atoms with Crippen LogP contribution in [0.1, 0.15) is 18.1 Å². The van der Waals surface area contributed by atoms with Gasteiger partial charge in [0.2, 0.25) is 5.91 Å². The van der Waals surface area contributed by atoms with Crippen LogP contribution in [0.2, 0.25) is 0 Å². The van der Waals surface area contributed by atoms with E-state index in [1.165, 1.54) is 17.7 Å². The molecule has 4 nitrogen and oxygen atoms in total. The van der Waals surface area contributed by atoms with Gasteiger partial charge in [-0.3, -0.25) is 9.69 Å². The van der Waals surface area contributed by atoms with Gasteiger partial charge in [-0.15, -0.1) is 0 Å². The van der Waals surface area contributed by atoms with E-state index in [0.29, 0.717) is 13.1 Å². The van der Waals surface area contributed by atoms with E-state index < -0.39 is 0 Å². The summed E-state index contributed by atoms with van der Waals surface area (Å²) in [4.78, 5) is 19.1. The Labute approximate surface area is 158 Å². The zero-order chi connectivity index (χ0) is 19.0. The molecule has 1 atom stereocenters. The Kier molecular flexibility index (Phi) is 4.62. The molecular weight excluding hydrogens is 341 g/mol. The molecular formula is C22H22FN3O. The van der Waals surface area contributed by atoms with Gasteiger partial charge in [-0.1, -0.05) is 11.6 Å². The number of rotatable bonds is 3. The average Bonchev–Trinajstić information content (AvgIpc) is 2.65. The first-order valence-corrected chi connectivity index (χ1v) is 9.19. The van der Waals surface area contributed by atoms with Crippen molar-refractivity contribution in [3.63, 3.8) is 0 Å². The van der Waals surface area contributed by atoms with Crippen molar-refractivity contribution in [2.45, 2.75) is 26.4 Å². The van der Waals surface area contributed by atoms with E-state index in [2.05, 4.69) is 29.3 Å². The highest BCUT2D eigenvalue weighted by atomic mass is 19.1. The summed E-state index contributed by atoms with van der Waals surface area (Å²) in [5.41, 5.74) is 4.84. The highest BCUT2D eigenvalue weighted by molar-refractivity contribution is 5.84. The zero-order valence-electron chi connectivity index (χ0n) is 15.5. The molecule has 3 aromatic rings. The number of aryl methyl sites for hydroxylation is 1. The lowest BCUT2D eigenvalue weighted by Crippen LogP contribution is -2.53. The molecule has 4 rings (SSSR count). The van der Waals surface area contributed by atoms with Gasteiger partial charge in [0.15, 0.2) is 0 Å². The molecule has 5 heteroatoms. The van der Waals surface area contributed by atoms with Crippen molar-refractivity contribution >= 4 is 16.8 Å². The molecule has 1 aliphatic rings. The highest BCUT2D eigenvalue weighted by Crippen LogP contribution is 2.28. The number of halogens is 1. The zero-order valence-corrected chi connectivity index (χ0v) is 15.5. The fraction of sp³-hybridized carbons (Fsp3) is 0.273. The van der Waals surface area contributed by atoms with E-state index in [9.17, 15) is 9.18 Å². The first-order chi connectivity index (χ1) is 13.0. The number of nitrogens with one attached hydrogen (secondary N) is 1. The summed E-state index contributed by atoms with van der Waals surface area (Å²) in [6.45, 7) is 6.05. The molecule has 2 aromatic carbocycles. The van der Waals surface area contributed by atoms with Gasteiger partial charge < -0.3 is 5.32 Å². The van der Waals surface area contributed by atoms with Gasteiger partial charge in [0.25, 0.3) is 0 Å². The third kappa shape index (κ3) is 3.55. The van der Waals surface area contributed by atoms with E-state index in [1.807, 2.05) is 19.1 Å². The molecule has 1 unspecified atom stereocenters. The van der Waals surface area contributed by atoms with Gasteiger partial charge in [0, 0.05) is 30.6 Å². The Bertz CT molecular complexity index is 1000. The summed E-state index contributed by atoms with van der Waals surface area (Å²) in [7, 11) is 0. The topological polar surface area (TPSA) is 45.2 Å². The average molecular weight is 363 g/mol. The number of carbonyl (C=O) groups excluding carboxylic acids is 1. The van der Waals surface area contributed by atoms with Crippen LogP contribution in [0.25, 0.3) is 22.2 Å². The normalized spacial score (nSPS) is 17.9. The van der Waals surface area contributed by atoms with Gasteiger partial charge in [0.1, 0.15) is 5.82 Å². The first kappa shape index (κ1) is 17.6. The van der Waals surface area contributed by atoms with Crippen LogP contribution < -0.4 is 5.32 Å². The monoisotopic (exact) mass is 363 g/mol. The van der Waals surface area contributed by atoms with Gasteiger partial charge >= 0.3 is 0 Å². The second-order valence-electron chi connectivity index (χ2n) is 7.14. The van der Waals surface area contributed by atoms with Crippen LogP contribution >= 0.6 is 0 Å². The molecule has 1 aromatic heterocycles. The number of aromatic nitrogens is 1. The predicted molar refractivity (Wildman–Crippen MR) is 105 cm³/mol. The molecule has 0 bridgehead atoms. The standard InChI is InChI=1S/C22H22FN3O/c1-14-3-8-20-17(11-14)12-18(13-26-10-9-24-22(27)15(26)2)21(25-20)16-4-6-19(23)7-5-16/h3-8,11-12,15H,9-10,13H2,1-2H3,(H,24,27). The second-order valence-corrected chi connectivity index (χ2v) is 7.14. The summed E-state index contributed by atoms with van der Waals surface area (Å²) in [5.74, 6) is -0.216. The predicted octanol–water partition coefficient (Wildman–Crippen LogP) is 3.67. The van der Waals surface area contributed by atoms with E-state index >= 15 is 0 Å². The molecule has 1 aliphatic heterocycles. The summed E-state index contributed by atoms with van der Waals surface area (Å²) in [5, 5.41) is 3.97. The molecule has 0 aliphatic carbocycles. The molecule has 138 valence electrons. The number of amides is 1. The molecule has 1 amide bonds. The highest BCUT2D eigenvalue weighted by Gasteiger charge is 2.26. The van der Waals surface area contributed by atoms with Crippen LogP contribution in [-0.4, -0.2) is 34.9 Å². The van der Waals surface area contributed by atoms with Gasteiger partial charge in [-0.05, 0) is 61.9 Å². The van der Waals surface area contributed by atoms with Crippen LogP contribution in [0, 0.1) is 12.7 Å². The second kappa shape index (κ2) is 7.08. The lowest BCUT2D eigenvalue weighted by molar-refractivity contribution is -0.128. The van der Waals surface area contributed by atoms with Gasteiger partial charge in [-0.25, -0.2) is 9.37 Å². The van der Waals surface area contributed by atoms with Crippen molar-refractivity contribution in [1.29, 1.82) is 0 Å². The maximum atomic E-state index is 13.4. The van der Waals surface area contributed by atoms with Gasteiger partial charge in [0.05, 0.1) is 17.3 Å². The van der Waals surface area contributed by atoms with Crippen molar-refractivity contribution in [2.75, 3.05) is 13.1 Å². The number of piperazine rings is 1. The summed E-state index contributed by atoms with van der Waals surface area (Å²) in [6, 6.07) is 14.6. The van der Waals surface area contributed by atoms with E-state index in [4.69, 9.17) is 4.98 Å². The third-order valence-electron chi connectivity index (χ3n) is 5.17. The quantitative estimate of drug-likeness (QED) is 0.772. The Morgan fingerprint density at radius 2 is 1.96 bits per heavy atom. The number of fused-ring (bicyclic) bond motifs is 1. The van der Waals surface area contributed by atoms with E-state index in [0.717, 1.165) is 34.3 Å². The summed E-state index contributed by atoms with van der Waals surface area (Å²) in [6.07, 6.45) is 0. The molecule has 1 saturated heterocycles. The molecule has 0 saturated carbocycles. The minimum absolute atomic E-state index is 0.0502. The Morgan fingerprint density at radius 3 is 2.74 bits per heavy atom. The number of pyridine rings is 1. The van der Waals surface area contributed by atoms with Crippen molar-refractivity contribution in [3.05, 3.63) is 65.5 Å². The fourth-order valence-corrected chi connectivity index (χ4v) is 3.58. The minimum atomic E-state index is -0.266. The van der Waals surface area contributed by atoms with Crippen molar-refractivity contribution in [3.8, 4) is 11.3 Å². The molecule has 2 heterocycles. The number of carbonyl (C=O) groups is 1. The van der Waals surface area contributed by atoms with E-state index in [1.54, 1.807) is 12.1 Å². The minimum Gasteiger partial charge on any atom is -0.353 e. The molecule has 1 N–H and O–H groups in total. The third-order valence-corrected chi connectivity index (χ3v) is 5.17. The molecule has 0 radical (unpaired) electrons. The Morgan fingerprint density at radius 1 is 1.19 bits per heavy atom. The van der Waals surface area contributed by atoms with Gasteiger partial charge in [-0.2, -0.15) is 0 Å². The molecule has 1 fully saturated rings. The summed E-state index contributed by atoms with van der Waals surface area (Å²) >= 11 is 0. The summed E-state index contributed by atoms with van der Waals surface area (Å²) < 4.78 is 13.4. The maximum absolute atomic E-state index is 13.4. The lowest BCUT2D eigenvalue weighted by atomic mass is 10.0. The smallest absolute Gasteiger partial charge is 0.237 e. The molecule has 27 heavy (non-hydrogen) atoms. The number of hydrogen-bond acceptors (Lipinski definition) is 3. The van der Waals surface area contributed by atoms with Crippen LogP contribution in [0.15, 0.2) is 48.5 Å². The number of hydrogen-bond donors (Lipinski definition) is 1. The Balaban J connectivity index is 1.81. The fourth-order valence-electron chi connectivity index (χ4n) is 3.58. The van der Waals surface area contributed by atoms with Crippen LogP contribution in [0.5, 0.6) is 0 Å². The largest absolute Gasteiger partial charge is 0.353 e. The lowest BCUT2D eigenvalue weighted by Gasteiger charge is -2.33. The first-order valence-electron chi connectivity index (χ1n) is 9.19. The SMILES string of the molecule is Cc1ccc2nc(-c3ccc(F)cc3)c(CN3CCNC(=O)C3C)cc2c1. The number of nitrogens with zero attached hydrogens (tertiary/aromatic N) is 2. The number of benzene rings is 2. The van der Waals surface area contributed by atoms with E-state index in [-0.39, 0.29) is 17.8 Å². The van der Waals surface area contributed by atoms with Crippen LogP contribution in [0.4, 0.5) is 4.39 Å². The van der Waals surface area contributed by atoms with Crippen molar-refractivity contribution in [2.24, 2.45) is 0 Å². The van der Waals surface area contributed by atoms with Crippen molar-refractivity contribution < 1.29 is 9.18 Å². The molecule has 0 spiro atoms. The Hall–Kier alpha value is -2.79. The van der Waals surface area contributed by atoms with Crippen molar-refractivity contribution in [1.82, 2.24) is 15.2 Å². The maximum Gasteiger partial charge on any atom is 0.237 e.